The molecule has 3 aromatic heterocycles. The number of nitrogens with zero attached hydrogens (tertiary/aromatic N) is 5. The average molecular weight is 552 g/mol. The van der Waals surface area contributed by atoms with Crippen LogP contribution in [-0.2, 0) is 16.8 Å². The van der Waals surface area contributed by atoms with Crippen molar-refractivity contribution in [2.45, 2.75) is 44.3 Å². The smallest absolute Gasteiger partial charge is 0.310 e. The van der Waals surface area contributed by atoms with Gasteiger partial charge in [-0.1, -0.05) is 0 Å². The van der Waals surface area contributed by atoms with Crippen molar-refractivity contribution in [2.75, 3.05) is 5.32 Å². The Labute approximate surface area is 185 Å². The van der Waals surface area contributed by atoms with Crippen molar-refractivity contribution in [1.82, 2.24) is 24.7 Å². The number of aromatic nitrogens is 5. The first-order valence-corrected chi connectivity index (χ1v) is 10.1. The molecule has 0 aromatic carbocycles. The van der Waals surface area contributed by atoms with Gasteiger partial charge in [-0.15, -0.1) is 0 Å². The molecular weight excluding hydrogens is 538 g/mol. The minimum atomic E-state index is -5.66. The Kier molecular flexibility index (Phi) is 4.94. The molecule has 0 spiro atoms. The maximum Gasteiger partial charge on any atom is 0.453 e. The van der Waals surface area contributed by atoms with Gasteiger partial charge < -0.3 is 5.32 Å². The first-order valence-electron chi connectivity index (χ1n) is 8.99. The quantitative estimate of drug-likeness (QED) is 0.297. The number of fused-ring (bicyclic) bond motifs is 2. The van der Waals surface area contributed by atoms with Crippen LogP contribution in [0.15, 0.2) is 18.3 Å². The molecule has 164 valence electrons. The Morgan fingerprint density at radius 1 is 1.19 bits per heavy atom. The number of carbonyl (C=O) groups excluding carboxylic acids is 1. The summed E-state index contributed by atoms with van der Waals surface area (Å²) in [5.74, 6) is -4.71. The fraction of sp³-hybridized carbons (Fsp3) is 0.389. The average Bonchev–Trinajstić information content (AvgIpc) is 3.14. The molecule has 0 unspecified atom stereocenters. The zero-order valence-electron chi connectivity index (χ0n) is 16.1. The van der Waals surface area contributed by atoms with Gasteiger partial charge in [0.2, 0.25) is 5.91 Å². The van der Waals surface area contributed by atoms with Crippen LogP contribution in [0.3, 0.4) is 0 Å². The molecule has 0 fully saturated rings. The highest BCUT2D eigenvalue weighted by Crippen LogP contribution is 2.41. The molecule has 31 heavy (non-hydrogen) atoms. The zero-order valence-corrected chi connectivity index (χ0v) is 18.2. The Bertz CT molecular complexity index is 1210. The zero-order chi connectivity index (χ0) is 22.8. The van der Waals surface area contributed by atoms with E-state index in [-0.39, 0.29) is 23.1 Å². The highest BCUT2D eigenvalue weighted by molar-refractivity contribution is 14.1. The number of alkyl halides is 5. The summed E-state index contributed by atoms with van der Waals surface area (Å²) < 4.78 is 65.9. The van der Waals surface area contributed by atoms with Gasteiger partial charge in [-0.25, -0.2) is 19.6 Å². The lowest BCUT2D eigenvalue weighted by atomic mass is 9.88. The second-order valence-electron chi connectivity index (χ2n) is 7.54. The standard InChI is InChI=1S/C18H14F5IN6O/c1-16(2)9-11(24)26-13(27-12(9)28-15(16)31)10-8-4-3-6-25-14(8)30(29-10)7-5-17(19,20)18(21,22)23/h3-4,6H,5,7H2,1-2H3,(H,26,27,28,31). The van der Waals surface area contributed by atoms with Gasteiger partial charge in [0, 0.05) is 24.7 Å². The molecule has 0 aliphatic carbocycles. The summed E-state index contributed by atoms with van der Waals surface area (Å²) in [5.41, 5.74) is 0.0712. The largest absolute Gasteiger partial charge is 0.453 e. The number of rotatable bonds is 4. The third-order valence-electron chi connectivity index (χ3n) is 5.06. The molecule has 0 saturated heterocycles. The van der Waals surface area contributed by atoms with Crippen molar-refractivity contribution >= 4 is 45.3 Å². The van der Waals surface area contributed by atoms with Gasteiger partial charge in [-0.05, 0) is 48.6 Å². The van der Waals surface area contributed by atoms with Gasteiger partial charge in [0.05, 0.1) is 10.8 Å². The number of carbonyl (C=O) groups is 1. The van der Waals surface area contributed by atoms with E-state index in [0.717, 1.165) is 4.68 Å². The summed E-state index contributed by atoms with van der Waals surface area (Å²) in [7, 11) is 0. The second-order valence-corrected chi connectivity index (χ2v) is 8.56. The highest BCUT2D eigenvalue weighted by Gasteiger charge is 2.56. The van der Waals surface area contributed by atoms with Crippen LogP contribution in [0.2, 0.25) is 0 Å². The van der Waals surface area contributed by atoms with Crippen molar-refractivity contribution in [2.24, 2.45) is 0 Å². The molecule has 1 aliphatic rings. The lowest BCUT2D eigenvalue weighted by molar-refractivity contribution is -0.285. The molecule has 1 N–H and O–H groups in total. The number of halogens is 6. The van der Waals surface area contributed by atoms with Crippen molar-refractivity contribution in [1.29, 1.82) is 0 Å². The normalized spacial score (nSPS) is 15.9. The van der Waals surface area contributed by atoms with Crippen molar-refractivity contribution in [3.05, 3.63) is 27.6 Å². The molecule has 3 aromatic rings. The molecule has 7 nitrogen and oxygen atoms in total. The van der Waals surface area contributed by atoms with Crippen LogP contribution in [0.4, 0.5) is 27.8 Å². The van der Waals surface area contributed by atoms with E-state index in [1.165, 1.54) is 6.20 Å². The maximum absolute atomic E-state index is 13.4. The van der Waals surface area contributed by atoms with Gasteiger partial charge in [-0.3, -0.25) is 4.79 Å². The van der Waals surface area contributed by atoms with Gasteiger partial charge in [0.1, 0.15) is 15.2 Å². The molecule has 1 amide bonds. The van der Waals surface area contributed by atoms with Crippen LogP contribution in [-0.4, -0.2) is 42.7 Å². The van der Waals surface area contributed by atoms with E-state index in [1.54, 1.807) is 26.0 Å². The lowest BCUT2D eigenvalue weighted by Gasteiger charge is -2.19. The molecule has 0 radical (unpaired) electrons. The predicted octanol–water partition coefficient (Wildman–Crippen LogP) is 4.31. The fourth-order valence-electron chi connectivity index (χ4n) is 3.28. The van der Waals surface area contributed by atoms with E-state index in [9.17, 15) is 26.7 Å². The number of pyridine rings is 1. The third kappa shape index (κ3) is 3.51. The molecule has 0 saturated carbocycles. The molecule has 0 bridgehead atoms. The Morgan fingerprint density at radius 2 is 1.90 bits per heavy atom. The number of aryl methyl sites for hydroxylation is 1. The van der Waals surface area contributed by atoms with Crippen LogP contribution in [0.25, 0.3) is 22.6 Å². The molecular formula is C18H14F5IN6O. The summed E-state index contributed by atoms with van der Waals surface area (Å²) in [5, 5.41) is 7.25. The van der Waals surface area contributed by atoms with Gasteiger partial charge >= 0.3 is 12.1 Å². The molecule has 1 aliphatic heterocycles. The first-order chi connectivity index (χ1) is 14.3. The molecule has 4 rings (SSSR count). The molecule has 0 atom stereocenters. The number of amides is 1. The van der Waals surface area contributed by atoms with Crippen molar-refractivity contribution in [3.63, 3.8) is 0 Å². The third-order valence-corrected chi connectivity index (χ3v) is 5.84. The second kappa shape index (κ2) is 7.03. The predicted molar refractivity (Wildman–Crippen MR) is 109 cm³/mol. The Morgan fingerprint density at radius 3 is 2.58 bits per heavy atom. The molecule has 13 heteroatoms. The highest BCUT2D eigenvalue weighted by atomic mass is 127. The summed E-state index contributed by atoms with van der Waals surface area (Å²) in [6.45, 7) is 2.74. The van der Waals surface area contributed by atoms with E-state index in [0.29, 0.717) is 20.5 Å². The first kappa shape index (κ1) is 21.8. The van der Waals surface area contributed by atoms with E-state index in [2.05, 4.69) is 25.4 Å². The minimum absolute atomic E-state index is 0.0977. The summed E-state index contributed by atoms with van der Waals surface area (Å²) >= 11 is 1.96. The van der Waals surface area contributed by atoms with Gasteiger partial charge in [-0.2, -0.15) is 27.1 Å². The van der Waals surface area contributed by atoms with E-state index in [1.807, 2.05) is 22.6 Å². The van der Waals surface area contributed by atoms with Gasteiger partial charge in [0.25, 0.3) is 0 Å². The Balaban J connectivity index is 1.78. The van der Waals surface area contributed by atoms with Crippen LogP contribution in [0, 0.1) is 3.70 Å². The minimum Gasteiger partial charge on any atom is -0.310 e. The van der Waals surface area contributed by atoms with Crippen LogP contribution in [0.5, 0.6) is 0 Å². The number of nitrogens with one attached hydrogen (secondary N) is 1. The lowest BCUT2D eigenvalue weighted by Crippen LogP contribution is -2.37. The topological polar surface area (TPSA) is 85.6 Å². The van der Waals surface area contributed by atoms with Crippen LogP contribution >= 0.6 is 22.6 Å². The van der Waals surface area contributed by atoms with E-state index in [4.69, 9.17) is 0 Å². The van der Waals surface area contributed by atoms with Crippen molar-refractivity contribution < 1.29 is 26.7 Å². The number of anilines is 1. The SMILES string of the molecule is CC1(C)C(=O)Nc2nc(-c3nn(CCC(F)(F)C(F)(F)F)c4ncccc34)nc(I)c21. The number of hydrogen-bond acceptors (Lipinski definition) is 5. The fourth-order valence-corrected chi connectivity index (χ4v) is 4.44. The monoisotopic (exact) mass is 552 g/mol. The van der Waals surface area contributed by atoms with Crippen molar-refractivity contribution in [3.8, 4) is 11.5 Å². The van der Waals surface area contributed by atoms with E-state index < -0.39 is 30.5 Å². The Hall–Kier alpha value is -2.45. The maximum atomic E-state index is 13.4. The van der Waals surface area contributed by atoms with Gasteiger partial charge in [0.15, 0.2) is 11.5 Å². The summed E-state index contributed by atoms with van der Waals surface area (Å²) in [6, 6.07) is 3.17. The molecule has 4 heterocycles. The summed E-state index contributed by atoms with van der Waals surface area (Å²) in [4.78, 5) is 25.1. The summed E-state index contributed by atoms with van der Waals surface area (Å²) in [6.07, 6.45) is -5.77. The van der Waals surface area contributed by atoms with Crippen LogP contribution in [0.1, 0.15) is 25.8 Å². The number of hydrogen-bond donors (Lipinski definition) is 1. The van der Waals surface area contributed by atoms with E-state index >= 15 is 0 Å². The van der Waals surface area contributed by atoms with Crippen LogP contribution < -0.4 is 5.32 Å².